The van der Waals surface area contributed by atoms with Gasteiger partial charge < -0.3 is 9.47 Å². The number of carbonyl (C=O) groups excluding carboxylic acids is 1. The van der Waals surface area contributed by atoms with Crippen LogP contribution in [-0.4, -0.2) is 19.2 Å². The Labute approximate surface area is 103 Å². The van der Waals surface area contributed by atoms with Crippen LogP contribution in [0.1, 0.15) is 42.6 Å². The first kappa shape index (κ1) is 13.6. The Morgan fingerprint density at radius 2 is 2.06 bits per heavy atom. The van der Waals surface area contributed by atoms with Gasteiger partial charge in [0.25, 0.3) is 0 Å². The van der Waals surface area contributed by atoms with Crippen LogP contribution >= 0.6 is 0 Å². The zero-order valence-electron chi connectivity index (χ0n) is 10.8. The number of hydrogen-bond acceptors (Lipinski definition) is 3. The van der Waals surface area contributed by atoms with Crippen LogP contribution in [0.25, 0.3) is 0 Å². The first-order valence-corrected chi connectivity index (χ1v) is 6.10. The highest BCUT2D eigenvalue weighted by Gasteiger charge is 2.15. The number of ether oxygens (including phenoxy) is 2. The van der Waals surface area contributed by atoms with E-state index in [-0.39, 0.29) is 5.97 Å². The SMILES string of the molecule is CCCCOC(=O)c1cccc(C)c1OCC. The first-order valence-electron chi connectivity index (χ1n) is 6.10. The van der Waals surface area contributed by atoms with E-state index < -0.39 is 0 Å². The molecule has 17 heavy (non-hydrogen) atoms. The molecule has 0 heterocycles. The van der Waals surface area contributed by atoms with E-state index in [0.717, 1.165) is 18.4 Å². The van der Waals surface area contributed by atoms with Crippen molar-refractivity contribution in [1.29, 1.82) is 0 Å². The predicted molar refractivity (Wildman–Crippen MR) is 67.5 cm³/mol. The van der Waals surface area contributed by atoms with E-state index in [1.54, 1.807) is 6.07 Å². The molecule has 0 aliphatic rings. The Morgan fingerprint density at radius 1 is 1.29 bits per heavy atom. The van der Waals surface area contributed by atoms with Crippen LogP contribution in [-0.2, 0) is 4.74 Å². The monoisotopic (exact) mass is 236 g/mol. The molecule has 0 spiro atoms. The molecule has 1 rings (SSSR count). The number of benzene rings is 1. The molecule has 0 aromatic heterocycles. The van der Waals surface area contributed by atoms with Crippen molar-refractivity contribution in [2.45, 2.75) is 33.6 Å². The molecule has 0 N–H and O–H groups in total. The summed E-state index contributed by atoms with van der Waals surface area (Å²) in [6, 6.07) is 5.51. The third-order valence-corrected chi connectivity index (χ3v) is 2.45. The van der Waals surface area contributed by atoms with Crippen molar-refractivity contribution in [3.63, 3.8) is 0 Å². The fraction of sp³-hybridized carbons (Fsp3) is 0.500. The lowest BCUT2D eigenvalue weighted by molar-refractivity contribution is 0.0495. The van der Waals surface area contributed by atoms with E-state index in [1.807, 2.05) is 26.0 Å². The molecule has 0 atom stereocenters. The Balaban J connectivity index is 2.81. The molecule has 0 saturated heterocycles. The van der Waals surface area contributed by atoms with Crippen LogP contribution in [0.3, 0.4) is 0 Å². The minimum atomic E-state index is -0.300. The van der Waals surface area contributed by atoms with Gasteiger partial charge in [0.05, 0.1) is 13.2 Å². The minimum absolute atomic E-state index is 0.300. The first-order chi connectivity index (χ1) is 8.20. The molecule has 3 heteroatoms. The Hall–Kier alpha value is -1.51. The van der Waals surface area contributed by atoms with Crippen molar-refractivity contribution in [2.75, 3.05) is 13.2 Å². The van der Waals surface area contributed by atoms with Gasteiger partial charge in [-0.05, 0) is 31.9 Å². The summed E-state index contributed by atoms with van der Waals surface area (Å²) < 4.78 is 10.7. The molecule has 1 aromatic carbocycles. The number of carbonyl (C=O) groups is 1. The van der Waals surface area contributed by atoms with Gasteiger partial charge in [-0.1, -0.05) is 25.5 Å². The summed E-state index contributed by atoms with van der Waals surface area (Å²) in [7, 11) is 0. The van der Waals surface area contributed by atoms with Crippen LogP contribution in [0.2, 0.25) is 0 Å². The summed E-state index contributed by atoms with van der Waals surface area (Å²) in [5.74, 6) is 0.335. The topological polar surface area (TPSA) is 35.5 Å². The zero-order chi connectivity index (χ0) is 12.7. The van der Waals surface area contributed by atoms with E-state index in [4.69, 9.17) is 9.47 Å². The molecule has 94 valence electrons. The lowest BCUT2D eigenvalue weighted by Gasteiger charge is -2.12. The quantitative estimate of drug-likeness (QED) is 0.561. The predicted octanol–water partition coefficient (Wildman–Crippen LogP) is 3.35. The Bertz CT molecular complexity index is 372. The maximum absolute atomic E-state index is 11.9. The van der Waals surface area contributed by atoms with Crippen LogP contribution in [0.15, 0.2) is 18.2 Å². The van der Waals surface area contributed by atoms with Crippen LogP contribution in [0.4, 0.5) is 0 Å². The van der Waals surface area contributed by atoms with Gasteiger partial charge >= 0.3 is 5.97 Å². The van der Waals surface area contributed by atoms with Gasteiger partial charge in [-0.15, -0.1) is 0 Å². The summed E-state index contributed by atoms with van der Waals surface area (Å²) in [6.45, 7) is 6.90. The molecular formula is C14H20O3. The average Bonchev–Trinajstić information content (AvgIpc) is 2.32. The maximum atomic E-state index is 11.9. The number of esters is 1. The van der Waals surface area contributed by atoms with Crippen molar-refractivity contribution in [2.24, 2.45) is 0 Å². The van der Waals surface area contributed by atoms with Crippen molar-refractivity contribution < 1.29 is 14.3 Å². The number of rotatable bonds is 6. The van der Waals surface area contributed by atoms with E-state index >= 15 is 0 Å². The maximum Gasteiger partial charge on any atom is 0.341 e. The smallest absolute Gasteiger partial charge is 0.341 e. The summed E-state index contributed by atoms with van der Waals surface area (Å²) in [4.78, 5) is 11.9. The standard InChI is InChI=1S/C14H20O3/c1-4-6-10-17-14(15)12-9-7-8-11(3)13(12)16-5-2/h7-9H,4-6,10H2,1-3H3. The molecule has 0 aliphatic heterocycles. The summed E-state index contributed by atoms with van der Waals surface area (Å²) in [5, 5.41) is 0. The van der Waals surface area contributed by atoms with E-state index in [9.17, 15) is 4.79 Å². The number of para-hydroxylation sites is 1. The molecule has 0 radical (unpaired) electrons. The van der Waals surface area contributed by atoms with Gasteiger partial charge in [0, 0.05) is 0 Å². The summed E-state index contributed by atoms with van der Waals surface area (Å²) in [5.41, 5.74) is 1.47. The van der Waals surface area contributed by atoms with Gasteiger partial charge in [0.1, 0.15) is 11.3 Å². The Kier molecular flexibility index (Phi) is 5.53. The third kappa shape index (κ3) is 3.77. The molecule has 3 nitrogen and oxygen atoms in total. The second-order valence-electron chi connectivity index (χ2n) is 3.87. The number of unbranched alkanes of at least 4 members (excludes halogenated alkanes) is 1. The van der Waals surface area contributed by atoms with E-state index in [2.05, 4.69) is 6.92 Å². The minimum Gasteiger partial charge on any atom is -0.493 e. The fourth-order valence-electron chi connectivity index (χ4n) is 1.54. The van der Waals surface area contributed by atoms with Crippen molar-refractivity contribution in [3.05, 3.63) is 29.3 Å². The lowest BCUT2D eigenvalue weighted by Crippen LogP contribution is -2.09. The zero-order valence-corrected chi connectivity index (χ0v) is 10.8. The fourth-order valence-corrected chi connectivity index (χ4v) is 1.54. The molecule has 0 amide bonds. The molecule has 0 fully saturated rings. The molecular weight excluding hydrogens is 216 g/mol. The highest BCUT2D eigenvalue weighted by atomic mass is 16.5. The van der Waals surface area contributed by atoms with E-state index in [1.165, 1.54) is 0 Å². The highest BCUT2D eigenvalue weighted by molar-refractivity contribution is 5.93. The van der Waals surface area contributed by atoms with E-state index in [0.29, 0.717) is 24.5 Å². The molecule has 0 unspecified atom stereocenters. The lowest BCUT2D eigenvalue weighted by atomic mass is 10.1. The van der Waals surface area contributed by atoms with Gasteiger partial charge in [-0.2, -0.15) is 0 Å². The molecule has 0 saturated carbocycles. The third-order valence-electron chi connectivity index (χ3n) is 2.45. The molecule has 1 aromatic rings. The average molecular weight is 236 g/mol. The van der Waals surface area contributed by atoms with Gasteiger partial charge in [-0.3, -0.25) is 0 Å². The van der Waals surface area contributed by atoms with Crippen molar-refractivity contribution in [3.8, 4) is 5.75 Å². The van der Waals surface area contributed by atoms with Crippen LogP contribution < -0.4 is 4.74 Å². The van der Waals surface area contributed by atoms with Gasteiger partial charge in [-0.25, -0.2) is 4.79 Å². The molecule has 0 aliphatic carbocycles. The second kappa shape index (κ2) is 6.94. The van der Waals surface area contributed by atoms with Crippen LogP contribution in [0, 0.1) is 6.92 Å². The Morgan fingerprint density at radius 3 is 2.71 bits per heavy atom. The number of hydrogen-bond donors (Lipinski definition) is 0. The van der Waals surface area contributed by atoms with Crippen LogP contribution in [0.5, 0.6) is 5.75 Å². The van der Waals surface area contributed by atoms with Gasteiger partial charge in [0.15, 0.2) is 0 Å². The van der Waals surface area contributed by atoms with Crippen molar-refractivity contribution >= 4 is 5.97 Å². The highest BCUT2D eigenvalue weighted by Crippen LogP contribution is 2.24. The largest absolute Gasteiger partial charge is 0.493 e. The van der Waals surface area contributed by atoms with Crippen molar-refractivity contribution in [1.82, 2.24) is 0 Å². The summed E-state index contributed by atoms with van der Waals surface area (Å²) >= 11 is 0. The normalized spacial score (nSPS) is 10.1. The second-order valence-corrected chi connectivity index (χ2v) is 3.87. The van der Waals surface area contributed by atoms with Gasteiger partial charge in [0.2, 0.25) is 0 Å². The number of aryl methyl sites for hydroxylation is 1. The molecule has 0 bridgehead atoms. The summed E-state index contributed by atoms with van der Waals surface area (Å²) in [6.07, 6.45) is 1.90.